The van der Waals surface area contributed by atoms with Gasteiger partial charge in [-0.05, 0) is 39.2 Å². The molecule has 1 N–H and O–H groups in total. The van der Waals surface area contributed by atoms with E-state index in [1.54, 1.807) is 0 Å². The van der Waals surface area contributed by atoms with Crippen LogP contribution >= 0.6 is 0 Å². The minimum absolute atomic E-state index is 0.531. The van der Waals surface area contributed by atoms with Crippen LogP contribution in [-0.4, -0.2) is 49.0 Å². The van der Waals surface area contributed by atoms with Gasteiger partial charge < -0.3 is 9.84 Å². The predicted octanol–water partition coefficient (Wildman–Crippen LogP) is 1.26. The average Bonchev–Trinajstić information content (AvgIpc) is 2.70. The van der Waals surface area contributed by atoms with Crippen LogP contribution in [0.2, 0.25) is 0 Å². The van der Waals surface area contributed by atoms with E-state index in [-0.39, 0.29) is 0 Å². The van der Waals surface area contributed by atoms with Crippen molar-refractivity contribution >= 4 is 0 Å². The van der Waals surface area contributed by atoms with Crippen molar-refractivity contribution in [2.45, 2.75) is 44.2 Å². The number of fused-ring (bicyclic) bond motifs is 1. The minimum Gasteiger partial charge on any atom is -0.400 e. The summed E-state index contributed by atoms with van der Waals surface area (Å²) in [5.74, 6) is 0. The second-order valence-corrected chi connectivity index (χ2v) is 4.44. The van der Waals surface area contributed by atoms with Crippen LogP contribution < -0.4 is 0 Å². The zero-order valence-corrected chi connectivity index (χ0v) is 9.62. The summed E-state index contributed by atoms with van der Waals surface area (Å²) >= 11 is 0. The zero-order chi connectivity index (χ0) is 10.6. The maximum Gasteiger partial charge on any atom is 0.0618 e. The lowest BCUT2D eigenvalue weighted by molar-refractivity contribution is 0.0884. The van der Waals surface area contributed by atoms with Crippen molar-refractivity contribution in [1.29, 1.82) is 0 Å². The Morgan fingerprint density at radius 2 is 2.14 bits per heavy atom. The van der Waals surface area contributed by atoms with Gasteiger partial charge in [-0.25, -0.2) is 0 Å². The van der Waals surface area contributed by atoms with Gasteiger partial charge in [0.1, 0.15) is 0 Å². The summed E-state index contributed by atoms with van der Waals surface area (Å²) in [4.78, 5) is 2.66. The lowest BCUT2D eigenvalue weighted by atomic mass is 9.97. The number of hydrogen-bond donors (Lipinski definition) is 1. The van der Waals surface area contributed by atoms with Crippen LogP contribution in [0.1, 0.15) is 32.6 Å². The van der Waals surface area contributed by atoms with Crippen LogP contribution in [-0.2, 0) is 4.74 Å². The summed E-state index contributed by atoms with van der Waals surface area (Å²) in [5, 5.41) is 7.00. The van der Waals surface area contributed by atoms with E-state index in [0.29, 0.717) is 11.6 Å². The SMILES string of the molecule is CO.COC[C@H]1CC[C@]2(C)CCCN12. The van der Waals surface area contributed by atoms with Gasteiger partial charge in [-0.1, -0.05) is 0 Å². The molecular formula is C11H23NO2. The summed E-state index contributed by atoms with van der Waals surface area (Å²) in [6.45, 7) is 4.63. The third-order valence-electron chi connectivity index (χ3n) is 3.62. The van der Waals surface area contributed by atoms with Gasteiger partial charge >= 0.3 is 0 Å². The second-order valence-electron chi connectivity index (χ2n) is 4.44. The molecule has 2 atom stereocenters. The van der Waals surface area contributed by atoms with Crippen LogP contribution in [0.4, 0.5) is 0 Å². The van der Waals surface area contributed by atoms with Crippen LogP contribution in [0.5, 0.6) is 0 Å². The molecule has 0 unspecified atom stereocenters. The molecule has 0 aliphatic carbocycles. The molecule has 2 aliphatic rings. The molecule has 0 aromatic rings. The molecule has 2 heterocycles. The maximum absolute atomic E-state index is 7.00. The number of methoxy groups -OCH3 is 1. The van der Waals surface area contributed by atoms with Crippen molar-refractivity contribution < 1.29 is 9.84 Å². The van der Waals surface area contributed by atoms with Gasteiger partial charge in [-0.15, -0.1) is 0 Å². The van der Waals surface area contributed by atoms with Gasteiger partial charge in [0.2, 0.25) is 0 Å². The highest BCUT2D eigenvalue weighted by Gasteiger charge is 2.45. The fourth-order valence-electron chi connectivity index (χ4n) is 2.93. The molecule has 2 saturated heterocycles. The first-order valence-corrected chi connectivity index (χ1v) is 5.47. The Balaban J connectivity index is 0.000000461. The van der Waals surface area contributed by atoms with E-state index in [0.717, 1.165) is 13.7 Å². The second kappa shape index (κ2) is 5.10. The molecule has 0 radical (unpaired) electrons. The molecule has 3 heteroatoms. The van der Waals surface area contributed by atoms with Crippen LogP contribution in [0.15, 0.2) is 0 Å². The van der Waals surface area contributed by atoms with Crippen molar-refractivity contribution in [1.82, 2.24) is 4.90 Å². The smallest absolute Gasteiger partial charge is 0.0618 e. The van der Waals surface area contributed by atoms with Crippen molar-refractivity contribution in [3.8, 4) is 0 Å². The average molecular weight is 201 g/mol. The first-order valence-electron chi connectivity index (χ1n) is 5.47. The molecule has 3 nitrogen and oxygen atoms in total. The highest BCUT2D eigenvalue weighted by atomic mass is 16.5. The molecule has 2 rings (SSSR count). The molecule has 84 valence electrons. The number of rotatable bonds is 2. The largest absolute Gasteiger partial charge is 0.400 e. The normalized spacial score (nSPS) is 36.4. The van der Waals surface area contributed by atoms with E-state index in [1.807, 2.05) is 7.11 Å². The molecular weight excluding hydrogens is 178 g/mol. The first kappa shape index (κ1) is 12.0. The third-order valence-corrected chi connectivity index (χ3v) is 3.62. The molecule has 0 bridgehead atoms. The van der Waals surface area contributed by atoms with Crippen LogP contribution in [0.25, 0.3) is 0 Å². The van der Waals surface area contributed by atoms with Crippen molar-refractivity contribution in [2.75, 3.05) is 27.4 Å². The Hall–Kier alpha value is -0.120. The zero-order valence-electron chi connectivity index (χ0n) is 9.62. The number of ether oxygens (including phenoxy) is 1. The predicted molar refractivity (Wildman–Crippen MR) is 57.4 cm³/mol. The summed E-state index contributed by atoms with van der Waals surface area (Å²) < 4.78 is 5.24. The number of aliphatic hydroxyl groups is 1. The third kappa shape index (κ3) is 2.10. The number of hydrogen-bond acceptors (Lipinski definition) is 3. The van der Waals surface area contributed by atoms with E-state index in [1.165, 1.54) is 32.2 Å². The highest BCUT2D eigenvalue weighted by Crippen LogP contribution is 2.41. The van der Waals surface area contributed by atoms with Crippen LogP contribution in [0, 0.1) is 0 Å². The molecule has 0 aromatic heterocycles. The summed E-state index contributed by atoms with van der Waals surface area (Å²) in [7, 11) is 2.81. The van der Waals surface area contributed by atoms with E-state index >= 15 is 0 Å². The highest BCUT2D eigenvalue weighted by molar-refractivity contribution is 5.01. The quantitative estimate of drug-likeness (QED) is 0.730. The Morgan fingerprint density at radius 1 is 1.43 bits per heavy atom. The number of aliphatic hydroxyl groups excluding tert-OH is 1. The molecule has 2 fully saturated rings. The van der Waals surface area contributed by atoms with E-state index in [9.17, 15) is 0 Å². The van der Waals surface area contributed by atoms with E-state index in [2.05, 4.69) is 11.8 Å². The maximum atomic E-state index is 7.00. The first-order chi connectivity index (χ1) is 6.76. The van der Waals surface area contributed by atoms with Crippen molar-refractivity contribution in [3.05, 3.63) is 0 Å². The standard InChI is InChI=1S/C10H19NO.CH4O/c1-10-5-3-7-11(10)9(4-6-10)8-12-2;1-2/h9H,3-8H2,1-2H3;2H,1H3/t9-,10+;/m1./s1. The fourth-order valence-corrected chi connectivity index (χ4v) is 2.93. The molecule has 2 aliphatic heterocycles. The minimum atomic E-state index is 0.531. The topological polar surface area (TPSA) is 32.7 Å². The molecule has 0 spiro atoms. The van der Waals surface area contributed by atoms with Crippen molar-refractivity contribution in [2.24, 2.45) is 0 Å². The van der Waals surface area contributed by atoms with Gasteiger partial charge in [-0.2, -0.15) is 0 Å². The Labute approximate surface area is 87.1 Å². The summed E-state index contributed by atoms with van der Waals surface area (Å²) in [5.41, 5.74) is 0.531. The molecule has 0 amide bonds. The Bertz CT molecular complexity index is 175. The van der Waals surface area contributed by atoms with Gasteiger partial charge in [-0.3, -0.25) is 4.90 Å². The Kier molecular flexibility index (Phi) is 4.35. The molecule has 0 aromatic carbocycles. The van der Waals surface area contributed by atoms with Gasteiger partial charge in [0.05, 0.1) is 6.61 Å². The number of nitrogens with zero attached hydrogens (tertiary/aromatic N) is 1. The summed E-state index contributed by atoms with van der Waals surface area (Å²) in [6.07, 6.45) is 5.50. The fraction of sp³-hybridized carbons (Fsp3) is 1.00. The van der Waals surface area contributed by atoms with Crippen LogP contribution in [0.3, 0.4) is 0 Å². The molecule has 14 heavy (non-hydrogen) atoms. The van der Waals surface area contributed by atoms with Gasteiger partial charge in [0.15, 0.2) is 0 Å². The van der Waals surface area contributed by atoms with Crippen molar-refractivity contribution in [3.63, 3.8) is 0 Å². The van der Waals surface area contributed by atoms with Gasteiger partial charge in [0, 0.05) is 25.8 Å². The monoisotopic (exact) mass is 201 g/mol. The summed E-state index contributed by atoms with van der Waals surface area (Å²) in [6, 6.07) is 0.711. The Morgan fingerprint density at radius 3 is 2.79 bits per heavy atom. The van der Waals surface area contributed by atoms with E-state index < -0.39 is 0 Å². The molecule has 0 saturated carbocycles. The lowest BCUT2D eigenvalue weighted by Gasteiger charge is -2.31. The lowest BCUT2D eigenvalue weighted by Crippen LogP contribution is -2.41. The van der Waals surface area contributed by atoms with E-state index in [4.69, 9.17) is 9.84 Å². The van der Waals surface area contributed by atoms with Gasteiger partial charge in [0.25, 0.3) is 0 Å².